The van der Waals surface area contributed by atoms with Crippen LogP contribution in [0.1, 0.15) is 12.8 Å². The number of hydrogen-bond donors (Lipinski definition) is 9. The van der Waals surface area contributed by atoms with Crippen LogP contribution in [0.15, 0.2) is 0 Å². The fourth-order valence-corrected chi connectivity index (χ4v) is 2.02. The summed E-state index contributed by atoms with van der Waals surface area (Å²) in [6.45, 7) is -0.449. The summed E-state index contributed by atoms with van der Waals surface area (Å²) < 4.78 is 0. The van der Waals surface area contributed by atoms with Crippen LogP contribution >= 0.6 is 12.6 Å². The summed E-state index contributed by atoms with van der Waals surface area (Å²) in [6.07, 6.45) is 0.628. The highest BCUT2D eigenvalue weighted by molar-refractivity contribution is 7.80. The van der Waals surface area contributed by atoms with E-state index in [2.05, 4.69) is 33.9 Å². The van der Waals surface area contributed by atoms with E-state index >= 15 is 0 Å². The molecule has 12 nitrogen and oxygen atoms in total. The van der Waals surface area contributed by atoms with E-state index in [1.165, 1.54) is 0 Å². The van der Waals surface area contributed by atoms with Crippen molar-refractivity contribution in [1.82, 2.24) is 21.3 Å². The molecule has 0 unspecified atom stereocenters. The van der Waals surface area contributed by atoms with Gasteiger partial charge < -0.3 is 37.8 Å². The number of nitrogens with one attached hydrogen (secondary N) is 5. The van der Waals surface area contributed by atoms with Crippen molar-refractivity contribution >= 4 is 42.3 Å². The van der Waals surface area contributed by atoms with Crippen molar-refractivity contribution in [2.24, 2.45) is 11.5 Å². The van der Waals surface area contributed by atoms with E-state index in [1.807, 2.05) is 0 Å². The first kappa shape index (κ1) is 23.5. The number of carboxylic acid groups (broad SMARTS) is 1. The number of aliphatic carboxylic acids is 1. The third-order valence-corrected chi connectivity index (χ3v) is 3.43. The fourth-order valence-electron chi connectivity index (χ4n) is 1.77. The predicted molar refractivity (Wildman–Crippen MR) is 96.6 cm³/mol. The van der Waals surface area contributed by atoms with Gasteiger partial charge in [0.2, 0.25) is 17.7 Å². The molecule has 148 valence electrons. The maximum atomic E-state index is 12.2. The molecule has 0 heterocycles. The van der Waals surface area contributed by atoms with Gasteiger partial charge >= 0.3 is 5.97 Å². The molecule has 13 heteroatoms. The molecule has 0 rings (SSSR count). The summed E-state index contributed by atoms with van der Waals surface area (Å²) in [5.74, 6) is -3.44. The summed E-state index contributed by atoms with van der Waals surface area (Å²) in [7, 11) is 0. The lowest BCUT2D eigenvalue weighted by Gasteiger charge is -2.18. The standard InChI is InChI=1S/C13H25N7O5S/c14-4-9(21)19-7(2-1-3-17-13(15)16)11(23)18-5-10(22)20-8(6-26)12(24)25/h7-8,26H,1-6,14H2,(H,18,23)(H,19,21)(H,20,22)(H,24,25)(H4,15,16,17)/t7-,8-/m0/s1. The lowest BCUT2D eigenvalue weighted by atomic mass is 10.1. The number of amides is 3. The minimum atomic E-state index is -1.24. The predicted octanol–water partition coefficient (Wildman–Crippen LogP) is -3.69. The molecule has 3 amide bonds. The monoisotopic (exact) mass is 391 g/mol. The number of carboxylic acids is 1. The van der Waals surface area contributed by atoms with Crippen LogP contribution in [0.2, 0.25) is 0 Å². The van der Waals surface area contributed by atoms with Gasteiger partial charge in [0.15, 0.2) is 5.96 Å². The lowest BCUT2D eigenvalue weighted by Crippen LogP contribution is -2.52. The Hall–Kier alpha value is -2.54. The minimum Gasteiger partial charge on any atom is -0.480 e. The second-order valence-corrected chi connectivity index (χ2v) is 5.53. The zero-order valence-electron chi connectivity index (χ0n) is 14.1. The van der Waals surface area contributed by atoms with Crippen LogP contribution in [-0.4, -0.2) is 72.2 Å². The van der Waals surface area contributed by atoms with E-state index in [4.69, 9.17) is 22.0 Å². The van der Waals surface area contributed by atoms with E-state index in [0.717, 1.165) is 0 Å². The van der Waals surface area contributed by atoms with Gasteiger partial charge in [0, 0.05) is 12.3 Å². The van der Waals surface area contributed by atoms with Gasteiger partial charge in [-0.1, -0.05) is 0 Å². The molecular formula is C13H25N7O5S. The highest BCUT2D eigenvalue weighted by atomic mass is 32.1. The molecular weight excluding hydrogens is 366 g/mol. The average Bonchev–Trinajstić information content (AvgIpc) is 2.59. The van der Waals surface area contributed by atoms with Gasteiger partial charge in [-0.3, -0.25) is 19.8 Å². The number of guanidine groups is 1. The lowest BCUT2D eigenvalue weighted by molar-refractivity contribution is -0.141. The second-order valence-electron chi connectivity index (χ2n) is 5.17. The second kappa shape index (κ2) is 12.8. The van der Waals surface area contributed by atoms with Crippen molar-refractivity contribution in [3.63, 3.8) is 0 Å². The van der Waals surface area contributed by atoms with E-state index in [1.54, 1.807) is 0 Å². The molecule has 10 N–H and O–H groups in total. The quantitative estimate of drug-likeness (QED) is 0.0697. The van der Waals surface area contributed by atoms with E-state index in [-0.39, 0.29) is 24.7 Å². The number of rotatable bonds is 12. The molecule has 2 atom stereocenters. The summed E-state index contributed by atoms with van der Waals surface area (Å²) in [6, 6.07) is -2.11. The summed E-state index contributed by atoms with van der Waals surface area (Å²) in [5, 5.41) is 25.4. The average molecular weight is 391 g/mol. The molecule has 26 heavy (non-hydrogen) atoms. The van der Waals surface area contributed by atoms with Crippen LogP contribution in [0.25, 0.3) is 0 Å². The SMILES string of the molecule is N=C(N)NCCC[C@H](NC(=O)CN)C(=O)NCC(=O)N[C@@H](CS)C(=O)O. The van der Waals surface area contributed by atoms with Crippen molar-refractivity contribution < 1.29 is 24.3 Å². The first-order chi connectivity index (χ1) is 12.2. The topological polar surface area (TPSA) is 213 Å². The van der Waals surface area contributed by atoms with Crippen LogP contribution in [0.4, 0.5) is 0 Å². The molecule has 0 radical (unpaired) electrons. The van der Waals surface area contributed by atoms with Crippen molar-refractivity contribution in [2.45, 2.75) is 24.9 Å². The number of nitrogens with two attached hydrogens (primary N) is 2. The molecule has 0 aromatic carbocycles. The minimum absolute atomic E-state index is 0.104. The van der Waals surface area contributed by atoms with Gasteiger partial charge in [0.05, 0.1) is 13.1 Å². The van der Waals surface area contributed by atoms with Crippen molar-refractivity contribution in [3.05, 3.63) is 0 Å². The number of thiol groups is 1. The Morgan fingerprint density at radius 3 is 2.19 bits per heavy atom. The molecule has 0 spiro atoms. The highest BCUT2D eigenvalue weighted by Crippen LogP contribution is 1.97. The fraction of sp³-hybridized carbons (Fsp3) is 0.615. The van der Waals surface area contributed by atoms with Gasteiger partial charge in [-0.15, -0.1) is 0 Å². The molecule has 0 aliphatic heterocycles. The maximum Gasteiger partial charge on any atom is 0.327 e. The Kier molecular flexibility index (Phi) is 11.5. The van der Waals surface area contributed by atoms with Gasteiger partial charge in [-0.05, 0) is 12.8 Å². The first-order valence-corrected chi connectivity index (χ1v) is 8.32. The summed E-state index contributed by atoms with van der Waals surface area (Å²) in [4.78, 5) is 46.1. The maximum absolute atomic E-state index is 12.2. The van der Waals surface area contributed by atoms with Crippen LogP contribution in [0.5, 0.6) is 0 Å². The van der Waals surface area contributed by atoms with Gasteiger partial charge in [-0.25, -0.2) is 4.79 Å². The largest absolute Gasteiger partial charge is 0.480 e. The first-order valence-electron chi connectivity index (χ1n) is 7.69. The zero-order chi connectivity index (χ0) is 20.1. The molecule has 0 saturated carbocycles. The normalized spacial score (nSPS) is 12.4. The van der Waals surface area contributed by atoms with Gasteiger partial charge in [-0.2, -0.15) is 12.6 Å². The molecule has 0 saturated heterocycles. The molecule has 0 aliphatic carbocycles. The smallest absolute Gasteiger partial charge is 0.327 e. The third-order valence-electron chi connectivity index (χ3n) is 3.06. The molecule has 0 bridgehead atoms. The van der Waals surface area contributed by atoms with Crippen LogP contribution in [0, 0.1) is 5.41 Å². The Morgan fingerprint density at radius 2 is 1.69 bits per heavy atom. The summed E-state index contributed by atoms with van der Waals surface area (Å²) in [5.41, 5.74) is 10.3. The molecule has 0 aromatic rings. The van der Waals surface area contributed by atoms with E-state index in [9.17, 15) is 19.2 Å². The van der Waals surface area contributed by atoms with Crippen molar-refractivity contribution in [1.29, 1.82) is 5.41 Å². The molecule has 0 aromatic heterocycles. The Balaban J connectivity index is 4.55. The zero-order valence-corrected chi connectivity index (χ0v) is 15.0. The number of hydrogen-bond acceptors (Lipinski definition) is 7. The number of carbonyl (C=O) groups excluding carboxylic acids is 3. The molecule has 0 fully saturated rings. The Bertz CT molecular complexity index is 531. The third kappa shape index (κ3) is 10.4. The van der Waals surface area contributed by atoms with Crippen molar-refractivity contribution in [2.75, 3.05) is 25.4 Å². The van der Waals surface area contributed by atoms with Crippen LogP contribution < -0.4 is 32.7 Å². The van der Waals surface area contributed by atoms with Crippen molar-refractivity contribution in [3.8, 4) is 0 Å². The van der Waals surface area contributed by atoms with E-state index < -0.39 is 42.3 Å². The summed E-state index contributed by atoms with van der Waals surface area (Å²) >= 11 is 3.81. The highest BCUT2D eigenvalue weighted by Gasteiger charge is 2.22. The number of carbonyl (C=O) groups is 4. The Morgan fingerprint density at radius 1 is 1.08 bits per heavy atom. The van der Waals surface area contributed by atoms with Crippen LogP contribution in [-0.2, 0) is 19.2 Å². The van der Waals surface area contributed by atoms with Gasteiger partial charge in [0.25, 0.3) is 0 Å². The Labute approximate surface area is 155 Å². The molecule has 0 aliphatic rings. The van der Waals surface area contributed by atoms with E-state index in [0.29, 0.717) is 13.0 Å². The van der Waals surface area contributed by atoms with Crippen LogP contribution in [0.3, 0.4) is 0 Å². The van der Waals surface area contributed by atoms with Gasteiger partial charge in [0.1, 0.15) is 12.1 Å².